The maximum Gasteiger partial charge on any atom is 0.148 e. The lowest BCUT2D eigenvalue weighted by Crippen LogP contribution is -2.68. The summed E-state index contributed by atoms with van der Waals surface area (Å²) in [5, 5.41) is 39.8. The fourth-order valence-electron chi connectivity index (χ4n) is 4.45. The topological polar surface area (TPSA) is 113 Å². The maximum atomic E-state index is 14.2. The first kappa shape index (κ1) is 25.5. The highest BCUT2D eigenvalue weighted by Gasteiger charge is 2.60. The Morgan fingerprint density at radius 3 is 2.60 bits per heavy atom. The van der Waals surface area contributed by atoms with Crippen molar-refractivity contribution in [2.75, 3.05) is 13.7 Å². The van der Waals surface area contributed by atoms with Crippen molar-refractivity contribution in [2.45, 2.75) is 36.2 Å². The molecule has 1 aliphatic rings. The summed E-state index contributed by atoms with van der Waals surface area (Å²) in [7, 11) is 1.36. The van der Waals surface area contributed by atoms with E-state index in [1.165, 1.54) is 43.1 Å². The molecule has 0 saturated carbocycles. The lowest BCUT2D eigenvalue weighted by atomic mass is 9.74. The smallest absolute Gasteiger partial charge is 0.148 e. The predicted octanol–water partition coefficient (Wildman–Crippen LogP) is 2.82. The van der Waals surface area contributed by atoms with Crippen LogP contribution < -0.4 is 0 Å². The molecule has 0 radical (unpaired) electrons. The summed E-state index contributed by atoms with van der Waals surface area (Å²) < 4.78 is 41.1. The second-order valence-electron chi connectivity index (χ2n) is 8.09. The summed E-state index contributed by atoms with van der Waals surface area (Å²) in [5.74, 6) is -1.52. The maximum absolute atomic E-state index is 14.2. The van der Waals surface area contributed by atoms with E-state index in [9.17, 15) is 24.3 Å². The number of ether oxygens (including phenoxy) is 2. The van der Waals surface area contributed by atoms with E-state index in [4.69, 9.17) is 21.1 Å². The molecule has 0 spiro atoms. The second-order valence-corrected chi connectivity index (χ2v) is 9.03. The van der Waals surface area contributed by atoms with Gasteiger partial charge in [-0.15, -0.1) is 17.7 Å². The van der Waals surface area contributed by atoms with Gasteiger partial charge in [0.2, 0.25) is 0 Å². The molecule has 1 aromatic heterocycles. The highest BCUT2D eigenvalue weighted by molar-refractivity contribution is 7.80. The fraction of sp³-hybridized carbons (Fsp3) is 0.348. The number of halogens is 3. The van der Waals surface area contributed by atoms with Gasteiger partial charge in [-0.25, -0.2) is 13.5 Å². The molecule has 1 fully saturated rings. The molecule has 0 bridgehead atoms. The molecule has 3 aromatic rings. The zero-order valence-electron chi connectivity index (χ0n) is 18.6. The van der Waals surface area contributed by atoms with Gasteiger partial charge >= 0.3 is 0 Å². The van der Waals surface area contributed by atoms with Gasteiger partial charge in [-0.3, -0.25) is 0 Å². The highest BCUT2D eigenvalue weighted by Crippen LogP contribution is 2.45. The van der Waals surface area contributed by atoms with Crippen molar-refractivity contribution in [1.29, 1.82) is 5.26 Å². The van der Waals surface area contributed by atoms with Gasteiger partial charge in [0.15, 0.2) is 0 Å². The van der Waals surface area contributed by atoms with E-state index in [-0.39, 0.29) is 33.0 Å². The third kappa shape index (κ3) is 4.10. The van der Waals surface area contributed by atoms with Crippen molar-refractivity contribution in [3.05, 3.63) is 69.9 Å². The number of aliphatic hydroxyl groups excluding tert-OH is 2. The standard InChI is InChI=1S/C23H21ClF2N4O4S/c1-11-16(25)5-13(6-17(11)26)18-9-30(29-28-18)23(15-7-14(24)4-3-12(15)8-27)20(32)19(10-31)34-22(35)21(23)33-2/h3-7,9,19-22,31-32,35H,10H2,1-2H3/t19-,20+,21+,22-,23?/m1/s1. The van der Waals surface area contributed by atoms with E-state index >= 15 is 0 Å². The molecule has 1 saturated heterocycles. The molecule has 184 valence electrons. The van der Waals surface area contributed by atoms with Crippen molar-refractivity contribution in [2.24, 2.45) is 0 Å². The summed E-state index contributed by atoms with van der Waals surface area (Å²) in [6, 6.07) is 8.76. The molecule has 0 amide bonds. The molecule has 1 unspecified atom stereocenters. The van der Waals surface area contributed by atoms with Crippen molar-refractivity contribution in [1.82, 2.24) is 15.0 Å². The number of benzene rings is 2. The van der Waals surface area contributed by atoms with Crippen LogP contribution in [0.1, 0.15) is 16.7 Å². The van der Waals surface area contributed by atoms with E-state index in [0.29, 0.717) is 0 Å². The van der Waals surface area contributed by atoms with Crippen LogP contribution in [0.5, 0.6) is 0 Å². The molecule has 5 atom stereocenters. The average molecular weight is 523 g/mol. The highest BCUT2D eigenvalue weighted by atomic mass is 35.5. The van der Waals surface area contributed by atoms with Gasteiger partial charge in [0.1, 0.15) is 46.6 Å². The van der Waals surface area contributed by atoms with Gasteiger partial charge in [-0.1, -0.05) is 16.8 Å². The third-order valence-electron chi connectivity index (χ3n) is 6.23. The number of rotatable bonds is 5. The molecule has 35 heavy (non-hydrogen) atoms. The van der Waals surface area contributed by atoms with E-state index < -0.39 is 47.5 Å². The second kappa shape index (κ2) is 9.81. The minimum Gasteiger partial charge on any atom is -0.394 e. The van der Waals surface area contributed by atoms with E-state index in [1.54, 1.807) is 0 Å². The Balaban J connectivity index is 2.02. The molecule has 0 aliphatic carbocycles. The number of nitriles is 1. The van der Waals surface area contributed by atoms with Gasteiger partial charge in [0.05, 0.1) is 24.4 Å². The van der Waals surface area contributed by atoms with Gasteiger partial charge in [0.25, 0.3) is 0 Å². The molecule has 2 N–H and O–H groups in total. The predicted molar refractivity (Wildman–Crippen MR) is 125 cm³/mol. The van der Waals surface area contributed by atoms with E-state index in [0.717, 1.165) is 12.1 Å². The van der Waals surface area contributed by atoms with E-state index in [2.05, 4.69) is 29.0 Å². The Morgan fingerprint density at radius 2 is 2.00 bits per heavy atom. The Kier molecular flexibility index (Phi) is 7.15. The quantitative estimate of drug-likeness (QED) is 0.442. The number of hydrogen-bond acceptors (Lipinski definition) is 8. The number of thiol groups is 1. The first-order valence-electron chi connectivity index (χ1n) is 10.4. The summed E-state index contributed by atoms with van der Waals surface area (Å²) in [6.45, 7) is 0.723. The van der Waals surface area contributed by atoms with Crippen LogP contribution in [0.15, 0.2) is 36.5 Å². The third-order valence-corrected chi connectivity index (χ3v) is 6.85. The fourth-order valence-corrected chi connectivity index (χ4v) is 5.13. The largest absolute Gasteiger partial charge is 0.394 e. The molecule has 1 aliphatic heterocycles. The first-order chi connectivity index (χ1) is 16.7. The molecule has 2 aromatic carbocycles. The Hall–Kier alpha value is -2.59. The normalized spacial score (nSPS) is 26.5. The van der Waals surface area contributed by atoms with Crippen LogP contribution in [0.2, 0.25) is 5.02 Å². The number of aliphatic hydroxyl groups is 2. The van der Waals surface area contributed by atoms with Crippen LogP contribution in [-0.2, 0) is 15.0 Å². The summed E-state index contributed by atoms with van der Waals surface area (Å²) in [6.07, 6.45) is -2.40. The molecule has 12 heteroatoms. The molecular formula is C23H21ClF2N4O4S. The Morgan fingerprint density at radius 1 is 1.31 bits per heavy atom. The minimum atomic E-state index is -1.73. The first-order valence-corrected chi connectivity index (χ1v) is 11.3. The lowest BCUT2D eigenvalue weighted by Gasteiger charge is -2.51. The number of aromatic nitrogens is 3. The van der Waals surface area contributed by atoms with Crippen molar-refractivity contribution >= 4 is 24.2 Å². The van der Waals surface area contributed by atoms with E-state index in [1.807, 2.05) is 0 Å². The molecule has 4 rings (SSSR count). The van der Waals surface area contributed by atoms with Crippen molar-refractivity contribution in [3.63, 3.8) is 0 Å². The summed E-state index contributed by atoms with van der Waals surface area (Å²) in [5.41, 5.74) is -2.31. The molecular weight excluding hydrogens is 502 g/mol. The van der Waals surface area contributed by atoms with Crippen molar-refractivity contribution in [3.8, 4) is 17.3 Å². The van der Waals surface area contributed by atoms with Gasteiger partial charge in [-0.2, -0.15) is 5.26 Å². The van der Waals surface area contributed by atoms with Crippen LogP contribution in [-0.4, -0.2) is 62.7 Å². The zero-order chi connectivity index (χ0) is 25.5. The number of methoxy groups -OCH3 is 1. The molecule has 2 heterocycles. The minimum absolute atomic E-state index is 0.0903. The van der Waals surface area contributed by atoms with Crippen LogP contribution in [0, 0.1) is 29.9 Å². The van der Waals surface area contributed by atoms with Crippen LogP contribution in [0.4, 0.5) is 8.78 Å². The van der Waals surface area contributed by atoms with Crippen LogP contribution >= 0.6 is 24.2 Å². The van der Waals surface area contributed by atoms with Crippen LogP contribution in [0.3, 0.4) is 0 Å². The Labute approximate surface area is 210 Å². The van der Waals surface area contributed by atoms with Crippen molar-refractivity contribution < 1.29 is 28.5 Å². The number of hydrogen-bond donors (Lipinski definition) is 3. The number of nitrogens with zero attached hydrogens (tertiary/aromatic N) is 4. The van der Waals surface area contributed by atoms with Crippen LogP contribution in [0.25, 0.3) is 11.3 Å². The SMILES string of the molecule is CO[C@H]1[C@@H](S)O[C@H](CO)[C@H](O)C1(c1cc(Cl)ccc1C#N)n1cc(-c2cc(F)c(C)c(F)c2)nn1. The van der Waals surface area contributed by atoms with Gasteiger partial charge in [0, 0.05) is 28.8 Å². The molecule has 8 nitrogen and oxygen atoms in total. The Bertz CT molecular complexity index is 1280. The average Bonchev–Trinajstić information content (AvgIpc) is 3.33. The summed E-state index contributed by atoms with van der Waals surface area (Å²) >= 11 is 10.7. The summed E-state index contributed by atoms with van der Waals surface area (Å²) in [4.78, 5) is 0. The lowest BCUT2D eigenvalue weighted by molar-refractivity contribution is -0.213. The zero-order valence-corrected chi connectivity index (χ0v) is 20.2. The van der Waals surface area contributed by atoms with Gasteiger partial charge < -0.3 is 19.7 Å². The van der Waals surface area contributed by atoms with Gasteiger partial charge in [-0.05, 0) is 37.3 Å². The monoisotopic (exact) mass is 522 g/mol.